The van der Waals surface area contributed by atoms with Gasteiger partial charge in [0, 0.05) is 25.6 Å². The second-order valence-corrected chi connectivity index (χ2v) is 6.81. The molecule has 0 atom stereocenters. The molecule has 0 radical (unpaired) electrons. The van der Waals surface area contributed by atoms with E-state index in [1.807, 2.05) is 0 Å². The third-order valence-corrected chi connectivity index (χ3v) is 4.92. The summed E-state index contributed by atoms with van der Waals surface area (Å²) >= 11 is 0. The lowest BCUT2D eigenvalue weighted by Crippen LogP contribution is -2.43. The average molecular weight is 394 g/mol. The lowest BCUT2D eigenvalue weighted by Gasteiger charge is -2.31. The maximum absolute atomic E-state index is 12.6. The monoisotopic (exact) mass is 394 g/mol. The van der Waals surface area contributed by atoms with E-state index < -0.39 is 11.7 Å². The first-order valence-corrected chi connectivity index (χ1v) is 9.10. The molecule has 0 aliphatic carbocycles. The van der Waals surface area contributed by atoms with Gasteiger partial charge in [0.1, 0.15) is 6.26 Å². The molecular formula is C20H21F3N2O3. The topological polar surface area (TPSA) is 62.6 Å². The predicted molar refractivity (Wildman–Crippen MR) is 95.5 cm³/mol. The highest BCUT2D eigenvalue weighted by Gasteiger charge is 2.30. The number of furan rings is 1. The van der Waals surface area contributed by atoms with Crippen LogP contribution in [0.4, 0.5) is 13.2 Å². The quantitative estimate of drug-likeness (QED) is 0.844. The Hall–Kier alpha value is -2.77. The van der Waals surface area contributed by atoms with Crippen molar-refractivity contribution in [1.29, 1.82) is 0 Å². The molecule has 2 aromatic rings. The molecule has 1 saturated heterocycles. The normalized spacial score (nSPS) is 15.5. The van der Waals surface area contributed by atoms with E-state index in [1.54, 1.807) is 11.0 Å². The van der Waals surface area contributed by atoms with Crippen molar-refractivity contribution in [2.45, 2.75) is 25.4 Å². The van der Waals surface area contributed by atoms with Gasteiger partial charge in [-0.25, -0.2) is 0 Å². The van der Waals surface area contributed by atoms with E-state index in [9.17, 15) is 22.8 Å². The summed E-state index contributed by atoms with van der Waals surface area (Å²) in [6.07, 6.45) is 0.125. The van der Waals surface area contributed by atoms with Gasteiger partial charge >= 0.3 is 6.18 Å². The number of amides is 2. The zero-order valence-electron chi connectivity index (χ0n) is 15.2. The number of halogens is 3. The number of hydrogen-bond donors (Lipinski definition) is 1. The molecule has 150 valence electrons. The second kappa shape index (κ2) is 8.50. The minimum Gasteiger partial charge on any atom is -0.472 e. The molecule has 2 heterocycles. The number of nitrogens with zero attached hydrogens (tertiary/aromatic N) is 1. The van der Waals surface area contributed by atoms with Crippen LogP contribution in [-0.2, 0) is 17.4 Å². The Bertz CT molecular complexity index is 793. The first kappa shape index (κ1) is 20.0. The van der Waals surface area contributed by atoms with Gasteiger partial charge in [0.25, 0.3) is 5.91 Å². The highest BCUT2D eigenvalue weighted by molar-refractivity contribution is 5.94. The van der Waals surface area contributed by atoms with Crippen molar-refractivity contribution in [2.24, 2.45) is 5.92 Å². The molecule has 1 aliphatic heterocycles. The van der Waals surface area contributed by atoms with Gasteiger partial charge in [0.15, 0.2) is 0 Å². The van der Waals surface area contributed by atoms with Crippen molar-refractivity contribution in [2.75, 3.05) is 19.6 Å². The van der Waals surface area contributed by atoms with Crippen LogP contribution in [0, 0.1) is 5.92 Å². The second-order valence-electron chi connectivity index (χ2n) is 6.81. The van der Waals surface area contributed by atoms with E-state index >= 15 is 0 Å². The fraction of sp³-hybridized carbons (Fsp3) is 0.400. The van der Waals surface area contributed by atoms with E-state index in [0.717, 1.165) is 17.7 Å². The molecule has 0 spiro atoms. The molecule has 1 aliphatic rings. The summed E-state index contributed by atoms with van der Waals surface area (Å²) in [6, 6.07) is 6.56. The van der Waals surface area contributed by atoms with Crippen LogP contribution in [0.25, 0.3) is 0 Å². The van der Waals surface area contributed by atoms with Gasteiger partial charge in [-0.2, -0.15) is 13.2 Å². The van der Waals surface area contributed by atoms with E-state index in [2.05, 4.69) is 5.32 Å². The third kappa shape index (κ3) is 4.94. The highest BCUT2D eigenvalue weighted by atomic mass is 19.4. The number of likely N-dealkylation sites (tertiary alicyclic amines) is 1. The van der Waals surface area contributed by atoms with Gasteiger partial charge in [-0.1, -0.05) is 12.1 Å². The molecule has 0 saturated carbocycles. The van der Waals surface area contributed by atoms with E-state index in [-0.39, 0.29) is 17.7 Å². The molecule has 28 heavy (non-hydrogen) atoms. The molecule has 1 aromatic heterocycles. The maximum Gasteiger partial charge on any atom is 0.416 e. The largest absolute Gasteiger partial charge is 0.472 e. The molecule has 1 fully saturated rings. The van der Waals surface area contributed by atoms with Crippen LogP contribution in [0.1, 0.15) is 34.3 Å². The van der Waals surface area contributed by atoms with Crippen molar-refractivity contribution < 1.29 is 27.2 Å². The first-order valence-electron chi connectivity index (χ1n) is 9.10. The lowest BCUT2D eigenvalue weighted by molar-refractivity contribution is -0.137. The Balaban J connectivity index is 1.41. The van der Waals surface area contributed by atoms with E-state index in [1.165, 1.54) is 24.7 Å². The Morgan fingerprint density at radius 3 is 2.36 bits per heavy atom. The number of benzene rings is 1. The number of hydrogen-bond acceptors (Lipinski definition) is 3. The molecular weight excluding hydrogens is 373 g/mol. The van der Waals surface area contributed by atoms with Crippen molar-refractivity contribution in [3.8, 4) is 0 Å². The molecule has 3 rings (SSSR count). The van der Waals surface area contributed by atoms with Crippen molar-refractivity contribution in [3.05, 3.63) is 59.5 Å². The molecule has 5 nitrogen and oxygen atoms in total. The van der Waals surface area contributed by atoms with Crippen molar-refractivity contribution in [1.82, 2.24) is 10.2 Å². The summed E-state index contributed by atoms with van der Waals surface area (Å²) in [5.41, 5.74) is 0.547. The fourth-order valence-corrected chi connectivity index (χ4v) is 3.25. The van der Waals surface area contributed by atoms with Gasteiger partial charge in [0.2, 0.25) is 5.91 Å². The Morgan fingerprint density at radius 2 is 1.79 bits per heavy atom. The van der Waals surface area contributed by atoms with E-state index in [0.29, 0.717) is 44.5 Å². The van der Waals surface area contributed by atoms with Crippen LogP contribution in [0.15, 0.2) is 47.3 Å². The van der Waals surface area contributed by atoms with Gasteiger partial charge in [-0.15, -0.1) is 0 Å². The van der Waals surface area contributed by atoms with E-state index in [4.69, 9.17) is 4.42 Å². The minimum atomic E-state index is -4.35. The smallest absolute Gasteiger partial charge is 0.416 e. The summed E-state index contributed by atoms with van der Waals surface area (Å²) < 4.78 is 42.6. The number of piperidine rings is 1. The van der Waals surface area contributed by atoms with Crippen LogP contribution >= 0.6 is 0 Å². The summed E-state index contributed by atoms with van der Waals surface area (Å²) in [6.45, 7) is 1.36. The Morgan fingerprint density at radius 1 is 1.11 bits per heavy atom. The zero-order chi connectivity index (χ0) is 20.1. The molecule has 8 heteroatoms. The molecule has 1 aromatic carbocycles. The number of alkyl halides is 3. The number of carbonyl (C=O) groups is 2. The molecule has 2 amide bonds. The number of carbonyl (C=O) groups excluding carboxylic acids is 2. The number of rotatable bonds is 5. The first-order chi connectivity index (χ1) is 13.3. The Kier molecular flexibility index (Phi) is 6.06. The Labute approximate surface area is 160 Å². The highest BCUT2D eigenvalue weighted by Crippen LogP contribution is 2.29. The van der Waals surface area contributed by atoms with Crippen LogP contribution in [0.2, 0.25) is 0 Å². The lowest BCUT2D eigenvalue weighted by atomic mass is 9.95. The number of nitrogens with one attached hydrogen (secondary N) is 1. The summed E-state index contributed by atoms with van der Waals surface area (Å²) in [4.78, 5) is 26.3. The average Bonchev–Trinajstić information content (AvgIpc) is 3.22. The fourth-order valence-electron chi connectivity index (χ4n) is 3.25. The van der Waals surface area contributed by atoms with Gasteiger partial charge < -0.3 is 14.6 Å². The van der Waals surface area contributed by atoms with Crippen molar-refractivity contribution >= 4 is 11.8 Å². The van der Waals surface area contributed by atoms with Gasteiger partial charge in [-0.05, 0) is 43.0 Å². The van der Waals surface area contributed by atoms with Crippen molar-refractivity contribution in [3.63, 3.8) is 0 Å². The molecule has 0 bridgehead atoms. The summed E-state index contributed by atoms with van der Waals surface area (Å²) in [7, 11) is 0. The SMILES string of the molecule is O=C(NCCc1ccc(C(F)(F)F)cc1)C1CCN(C(=O)c2ccoc2)CC1. The minimum absolute atomic E-state index is 0.0812. The van der Waals surface area contributed by atoms with Gasteiger partial charge in [-0.3, -0.25) is 9.59 Å². The maximum atomic E-state index is 12.6. The predicted octanol–water partition coefficient (Wildman–Crippen LogP) is 3.51. The van der Waals surface area contributed by atoms with Gasteiger partial charge in [0.05, 0.1) is 17.4 Å². The van der Waals surface area contributed by atoms with Crippen LogP contribution in [0.5, 0.6) is 0 Å². The van der Waals surface area contributed by atoms with Crippen LogP contribution < -0.4 is 5.32 Å². The molecule has 1 N–H and O–H groups in total. The standard InChI is InChI=1S/C20H21F3N2O3/c21-20(22,23)17-3-1-14(2-4-17)5-9-24-18(26)15-6-10-25(11-7-15)19(27)16-8-12-28-13-16/h1-4,8,12-13,15H,5-7,9-11H2,(H,24,26). The summed E-state index contributed by atoms with van der Waals surface area (Å²) in [5, 5.41) is 2.84. The van der Waals surface area contributed by atoms with Crippen LogP contribution in [0.3, 0.4) is 0 Å². The third-order valence-electron chi connectivity index (χ3n) is 4.92. The molecule has 0 unspecified atom stereocenters. The summed E-state index contributed by atoms with van der Waals surface area (Å²) in [5.74, 6) is -0.349. The van der Waals surface area contributed by atoms with Crippen LogP contribution in [-0.4, -0.2) is 36.3 Å². The zero-order valence-corrected chi connectivity index (χ0v) is 15.2.